The highest BCUT2D eigenvalue weighted by Crippen LogP contribution is 2.52. The minimum atomic E-state index is -4.00. The van der Waals surface area contributed by atoms with E-state index in [0.29, 0.717) is 9.75 Å². The van der Waals surface area contributed by atoms with Crippen LogP contribution >= 0.6 is 22.7 Å². The number of carboxylic acid groups (broad SMARTS) is 1. The predicted molar refractivity (Wildman–Crippen MR) is 107 cm³/mol. The Morgan fingerprint density at radius 1 is 1.11 bits per heavy atom. The van der Waals surface area contributed by atoms with Gasteiger partial charge in [0.05, 0.1) is 0 Å². The van der Waals surface area contributed by atoms with Gasteiger partial charge < -0.3 is 5.11 Å². The Hall–Kier alpha value is -2.51. The Labute approximate surface area is 169 Å². The summed E-state index contributed by atoms with van der Waals surface area (Å²) in [6.45, 7) is 0. The third kappa shape index (κ3) is 3.25. The van der Waals surface area contributed by atoms with Crippen molar-refractivity contribution in [2.24, 2.45) is 0 Å². The molecule has 6 nitrogen and oxygen atoms in total. The van der Waals surface area contributed by atoms with Gasteiger partial charge in [-0.25, -0.2) is 8.42 Å². The normalized spacial score (nSPS) is 21.2. The molecule has 0 aliphatic heterocycles. The number of benzene rings is 1. The predicted octanol–water partition coefficient (Wildman–Crippen LogP) is 3.64. The van der Waals surface area contributed by atoms with E-state index in [-0.39, 0.29) is 10.6 Å². The zero-order chi connectivity index (χ0) is 19.9. The van der Waals surface area contributed by atoms with Gasteiger partial charge in [0, 0.05) is 15.7 Å². The van der Waals surface area contributed by atoms with Crippen LogP contribution in [0.25, 0.3) is 9.75 Å². The van der Waals surface area contributed by atoms with Gasteiger partial charge in [0.1, 0.15) is 20.7 Å². The van der Waals surface area contributed by atoms with Crippen LogP contribution in [0.4, 0.5) is 0 Å². The molecule has 0 saturated heterocycles. The van der Waals surface area contributed by atoms with E-state index >= 15 is 0 Å². The molecule has 0 unspecified atom stereocenters. The first-order valence-electron chi connectivity index (χ1n) is 8.28. The summed E-state index contributed by atoms with van der Waals surface area (Å²) in [5.41, 5.74) is -0.733. The van der Waals surface area contributed by atoms with Crippen LogP contribution in [0.5, 0.6) is 0 Å². The van der Waals surface area contributed by atoms with Crippen LogP contribution in [0.2, 0.25) is 0 Å². The minimum Gasteiger partial charge on any atom is -0.480 e. The number of carbonyl (C=O) groups is 1. The maximum atomic E-state index is 12.9. The van der Waals surface area contributed by atoms with Crippen molar-refractivity contribution < 1.29 is 18.3 Å². The number of nitriles is 1. The summed E-state index contributed by atoms with van der Waals surface area (Å²) in [6.07, 6.45) is 0.209. The molecule has 2 atom stereocenters. The van der Waals surface area contributed by atoms with Crippen LogP contribution in [0.1, 0.15) is 22.8 Å². The Kier molecular flexibility index (Phi) is 4.59. The highest BCUT2D eigenvalue weighted by Gasteiger charge is 2.63. The first kappa shape index (κ1) is 18.8. The van der Waals surface area contributed by atoms with E-state index in [9.17, 15) is 18.3 Å². The summed E-state index contributed by atoms with van der Waals surface area (Å²) >= 11 is 2.33. The molecule has 1 saturated carbocycles. The quantitative estimate of drug-likeness (QED) is 0.621. The Morgan fingerprint density at radius 3 is 2.43 bits per heavy atom. The van der Waals surface area contributed by atoms with Crippen molar-refractivity contribution in [3.63, 3.8) is 0 Å². The third-order valence-electron chi connectivity index (χ3n) is 4.67. The molecule has 0 amide bonds. The number of thiophene rings is 2. The molecule has 1 aromatic carbocycles. The van der Waals surface area contributed by atoms with Crippen molar-refractivity contribution in [1.29, 1.82) is 5.26 Å². The number of carboxylic acids is 1. The number of hydrogen-bond donors (Lipinski definition) is 2. The summed E-state index contributed by atoms with van der Waals surface area (Å²) in [5, 5.41) is 18.6. The van der Waals surface area contributed by atoms with Gasteiger partial charge >= 0.3 is 5.97 Å². The van der Waals surface area contributed by atoms with Crippen molar-refractivity contribution in [3.05, 3.63) is 65.0 Å². The smallest absolute Gasteiger partial charge is 0.325 e. The third-order valence-corrected chi connectivity index (χ3v) is 8.94. The average molecular weight is 431 g/mol. The highest BCUT2D eigenvalue weighted by atomic mass is 32.2. The van der Waals surface area contributed by atoms with Gasteiger partial charge in [-0.15, -0.1) is 22.7 Å². The van der Waals surface area contributed by atoms with E-state index in [1.54, 1.807) is 42.5 Å². The molecular weight excluding hydrogens is 416 g/mol. The summed E-state index contributed by atoms with van der Waals surface area (Å²) < 4.78 is 28.2. The van der Waals surface area contributed by atoms with E-state index in [1.807, 2.05) is 6.07 Å². The molecule has 2 aromatic heterocycles. The minimum absolute atomic E-state index is 0.0498. The molecule has 1 aliphatic rings. The molecule has 4 rings (SSSR count). The molecule has 1 aliphatic carbocycles. The number of sulfonamides is 1. The average Bonchev–Trinajstić information content (AvgIpc) is 3.05. The van der Waals surface area contributed by atoms with Crippen LogP contribution in [-0.2, 0) is 14.8 Å². The zero-order valence-corrected chi connectivity index (χ0v) is 16.8. The maximum absolute atomic E-state index is 12.9. The van der Waals surface area contributed by atoms with Crippen molar-refractivity contribution in [1.82, 2.24) is 4.72 Å². The number of rotatable bonds is 6. The molecule has 3 aromatic rings. The zero-order valence-electron chi connectivity index (χ0n) is 14.3. The van der Waals surface area contributed by atoms with Gasteiger partial charge in [-0.2, -0.15) is 9.98 Å². The SMILES string of the molecule is N#Cc1ccc(-c2ccc(S(=O)(=O)N[C@@]3(C(=O)O)C[C@@H]3c3ccccc3)s2)s1. The lowest BCUT2D eigenvalue weighted by molar-refractivity contribution is -0.140. The van der Waals surface area contributed by atoms with Crippen molar-refractivity contribution in [2.75, 3.05) is 0 Å². The van der Waals surface area contributed by atoms with Crippen LogP contribution in [-0.4, -0.2) is 25.0 Å². The second kappa shape index (κ2) is 6.83. The first-order chi connectivity index (χ1) is 13.4. The van der Waals surface area contributed by atoms with Crippen molar-refractivity contribution >= 4 is 38.7 Å². The fourth-order valence-electron chi connectivity index (χ4n) is 3.16. The van der Waals surface area contributed by atoms with E-state index in [2.05, 4.69) is 10.8 Å². The van der Waals surface area contributed by atoms with Gasteiger partial charge in [-0.05, 0) is 36.2 Å². The Balaban J connectivity index is 1.60. The molecule has 0 radical (unpaired) electrons. The largest absolute Gasteiger partial charge is 0.480 e. The lowest BCUT2D eigenvalue weighted by Crippen LogP contribution is -2.44. The highest BCUT2D eigenvalue weighted by molar-refractivity contribution is 7.91. The summed E-state index contributed by atoms with van der Waals surface area (Å²) in [7, 11) is -4.00. The van der Waals surface area contributed by atoms with Crippen LogP contribution in [0.15, 0.2) is 58.8 Å². The monoisotopic (exact) mass is 430 g/mol. The molecule has 0 spiro atoms. The van der Waals surface area contributed by atoms with Crippen molar-refractivity contribution in [2.45, 2.75) is 22.1 Å². The molecule has 2 N–H and O–H groups in total. The van der Waals surface area contributed by atoms with E-state index in [0.717, 1.165) is 21.8 Å². The number of aliphatic carboxylic acids is 1. The van der Waals surface area contributed by atoms with Gasteiger partial charge in [-0.1, -0.05) is 30.3 Å². The van der Waals surface area contributed by atoms with E-state index in [1.165, 1.54) is 17.4 Å². The Morgan fingerprint density at radius 2 is 1.79 bits per heavy atom. The lowest BCUT2D eigenvalue weighted by Gasteiger charge is -2.14. The fraction of sp³-hybridized carbons (Fsp3) is 0.158. The maximum Gasteiger partial charge on any atom is 0.325 e. The van der Waals surface area contributed by atoms with Crippen LogP contribution in [0.3, 0.4) is 0 Å². The van der Waals surface area contributed by atoms with Gasteiger partial charge in [0.15, 0.2) is 0 Å². The fourth-order valence-corrected chi connectivity index (χ4v) is 6.77. The molecule has 142 valence electrons. The van der Waals surface area contributed by atoms with Gasteiger partial charge in [0.2, 0.25) is 0 Å². The number of nitrogens with one attached hydrogen (secondary N) is 1. The molecule has 0 bridgehead atoms. The topological polar surface area (TPSA) is 107 Å². The van der Waals surface area contributed by atoms with Crippen molar-refractivity contribution in [3.8, 4) is 15.8 Å². The van der Waals surface area contributed by atoms with E-state index < -0.39 is 27.4 Å². The molecule has 28 heavy (non-hydrogen) atoms. The van der Waals surface area contributed by atoms with Crippen LogP contribution in [0, 0.1) is 11.3 Å². The lowest BCUT2D eigenvalue weighted by atomic mass is 10.1. The summed E-state index contributed by atoms with van der Waals surface area (Å²) in [6, 6.07) is 17.7. The summed E-state index contributed by atoms with van der Waals surface area (Å²) in [4.78, 5) is 13.9. The van der Waals surface area contributed by atoms with Gasteiger partial charge in [0.25, 0.3) is 10.0 Å². The molecular formula is C19H14N2O4S3. The second-order valence-electron chi connectivity index (χ2n) is 6.44. The number of nitrogens with zero attached hydrogens (tertiary/aromatic N) is 1. The van der Waals surface area contributed by atoms with Crippen LogP contribution < -0.4 is 4.72 Å². The molecule has 1 fully saturated rings. The standard InChI is InChI=1S/C19H14N2O4S3/c20-11-13-6-7-15(26-13)16-8-9-17(27-16)28(24,25)21-19(18(22)23)10-14(19)12-4-2-1-3-5-12/h1-9,14,21H,10H2,(H,22,23)/t14-,19+/m1/s1. The second-order valence-corrected chi connectivity index (χ2v) is 10.5. The number of hydrogen-bond acceptors (Lipinski definition) is 6. The first-order valence-corrected chi connectivity index (χ1v) is 11.4. The summed E-state index contributed by atoms with van der Waals surface area (Å²) in [5.74, 6) is -1.59. The Bertz CT molecular complexity index is 1190. The van der Waals surface area contributed by atoms with Gasteiger partial charge in [-0.3, -0.25) is 4.79 Å². The molecule has 2 heterocycles. The molecule has 9 heteroatoms. The van der Waals surface area contributed by atoms with E-state index in [4.69, 9.17) is 5.26 Å².